The van der Waals surface area contributed by atoms with Crippen LogP contribution in [-0.4, -0.2) is 55.3 Å². The lowest BCUT2D eigenvalue weighted by Gasteiger charge is -2.28. The quantitative estimate of drug-likeness (QED) is 0.658. The molecule has 1 aliphatic carbocycles. The summed E-state index contributed by atoms with van der Waals surface area (Å²) in [5.74, 6) is 0.0800. The predicted molar refractivity (Wildman–Crippen MR) is 109 cm³/mol. The van der Waals surface area contributed by atoms with Crippen LogP contribution in [0, 0.1) is 5.92 Å². The van der Waals surface area contributed by atoms with Gasteiger partial charge in [-0.05, 0) is 63.0 Å². The molecule has 0 spiro atoms. The molecule has 160 valence electrons. The van der Waals surface area contributed by atoms with Crippen LogP contribution >= 0.6 is 0 Å². The summed E-state index contributed by atoms with van der Waals surface area (Å²) in [6.45, 7) is 1.98. The minimum atomic E-state index is -0.0785. The van der Waals surface area contributed by atoms with E-state index in [0.29, 0.717) is 13.2 Å². The van der Waals surface area contributed by atoms with Gasteiger partial charge in [0.25, 0.3) is 0 Å². The van der Waals surface area contributed by atoms with Crippen molar-refractivity contribution >= 4 is 11.8 Å². The minimum absolute atomic E-state index is 0.0387. The van der Waals surface area contributed by atoms with Gasteiger partial charge < -0.3 is 20.1 Å². The molecule has 2 aliphatic rings. The smallest absolute Gasteiger partial charge is 0.246 e. The normalized spacial score (nSPS) is 24.6. The molecule has 0 aromatic carbocycles. The van der Waals surface area contributed by atoms with Gasteiger partial charge in [0.05, 0.1) is 12.7 Å². The molecule has 7 nitrogen and oxygen atoms in total. The summed E-state index contributed by atoms with van der Waals surface area (Å²) < 4.78 is 11.1. The van der Waals surface area contributed by atoms with Crippen LogP contribution in [0.3, 0.4) is 0 Å². The van der Waals surface area contributed by atoms with Gasteiger partial charge in [-0.1, -0.05) is 6.07 Å². The van der Waals surface area contributed by atoms with Crippen LogP contribution in [0.2, 0.25) is 0 Å². The minimum Gasteiger partial charge on any atom is -0.376 e. The number of hydrogen-bond donors (Lipinski definition) is 2. The number of nitrogens with zero attached hydrogens (tertiary/aromatic N) is 1. The molecule has 1 saturated heterocycles. The van der Waals surface area contributed by atoms with E-state index in [1.807, 2.05) is 18.3 Å². The molecule has 2 heterocycles. The van der Waals surface area contributed by atoms with Gasteiger partial charge in [-0.15, -0.1) is 0 Å². The van der Waals surface area contributed by atoms with E-state index in [9.17, 15) is 9.59 Å². The molecule has 2 fully saturated rings. The van der Waals surface area contributed by atoms with Crippen molar-refractivity contribution in [2.45, 2.75) is 63.5 Å². The van der Waals surface area contributed by atoms with Crippen LogP contribution in [0.25, 0.3) is 0 Å². The SMILES string of the molecule is O=C(COCC1CCCCO1)NC1CCC(C(=O)NCCc2cccnc2)CC1. The Bertz CT molecular complexity index is 626. The monoisotopic (exact) mass is 403 g/mol. The van der Waals surface area contributed by atoms with Gasteiger partial charge in [-0.3, -0.25) is 14.6 Å². The van der Waals surface area contributed by atoms with Crippen LogP contribution < -0.4 is 10.6 Å². The Hall–Kier alpha value is -1.99. The summed E-state index contributed by atoms with van der Waals surface area (Å²) in [4.78, 5) is 28.5. The molecule has 1 saturated carbocycles. The van der Waals surface area contributed by atoms with Gasteiger partial charge in [0.2, 0.25) is 11.8 Å². The highest BCUT2D eigenvalue weighted by atomic mass is 16.5. The van der Waals surface area contributed by atoms with Crippen LogP contribution in [-0.2, 0) is 25.5 Å². The Labute approximate surface area is 172 Å². The van der Waals surface area contributed by atoms with Gasteiger partial charge >= 0.3 is 0 Å². The number of ether oxygens (including phenoxy) is 2. The molecule has 29 heavy (non-hydrogen) atoms. The predicted octanol–water partition coefficient (Wildman–Crippen LogP) is 2.00. The summed E-state index contributed by atoms with van der Waals surface area (Å²) in [5, 5.41) is 6.07. The lowest BCUT2D eigenvalue weighted by Crippen LogP contribution is -2.42. The first-order valence-electron chi connectivity index (χ1n) is 10.9. The zero-order valence-electron chi connectivity index (χ0n) is 17.1. The zero-order chi connectivity index (χ0) is 20.3. The molecule has 2 amide bonds. The topological polar surface area (TPSA) is 89.5 Å². The third-order valence-corrected chi connectivity index (χ3v) is 5.71. The molecular formula is C22H33N3O4. The first kappa shape index (κ1) is 21.7. The third kappa shape index (κ3) is 7.74. The molecule has 1 unspecified atom stereocenters. The maximum atomic E-state index is 12.4. The zero-order valence-corrected chi connectivity index (χ0v) is 17.1. The number of aromatic nitrogens is 1. The van der Waals surface area contributed by atoms with Crippen LogP contribution in [0.5, 0.6) is 0 Å². The standard InChI is InChI=1S/C22H33N3O4/c26-21(16-28-15-20-5-1-2-13-29-20)25-19-8-6-18(7-9-19)22(27)24-12-10-17-4-3-11-23-14-17/h3-4,11,14,18-20H,1-2,5-10,12-13,15-16H2,(H,24,27)(H,25,26). The van der Waals surface area contributed by atoms with E-state index >= 15 is 0 Å². The highest BCUT2D eigenvalue weighted by Crippen LogP contribution is 2.24. The second-order valence-corrected chi connectivity index (χ2v) is 8.02. The van der Waals surface area contributed by atoms with E-state index in [1.54, 1.807) is 6.20 Å². The van der Waals surface area contributed by atoms with Crippen molar-refractivity contribution in [3.8, 4) is 0 Å². The Morgan fingerprint density at radius 2 is 2.03 bits per heavy atom. The summed E-state index contributed by atoms with van der Waals surface area (Å²) in [6, 6.07) is 4.05. The maximum Gasteiger partial charge on any atom is 0.246 e. The maximum absolute atomic E-state index is 12.4. The van der Waals surface area contributed by atoms with Crippen molar-refractivity contribution in [1.82, 2.24) is 15.6 Å². The van der Waals surface area contributed by atoms with Gasteiger partial charge in [-0.25, -0.2) is 0 Å². The number of carbonyl (C=O) groups excluding carboxylic acids is 2. The molecule has 1 aromatic rings. The van der Waals surface area contributed by atoms with Crippen molar-refractivity contribution in [2.75, 3.05) is 26.4 Å². The molecular weight excluding hydrogens is 370 g/mol. The fourth-order valence-electron chi connectivity index (χ4n) is 4.01. The van der Waals surface area contributed by atoms with E-state index in [-0.39, 0.29) is 36.5 Å². The Balaban J connectivity index is 1.25. The third-order valence-electron chi connectivity index (χ3n) is 5.71. The number of rotatable bonds is 9. The molecule has 3 rings (SSSR count). The highest BCUT2D eigenvalue weighted by Gasteiger charge is 2.27. The Morgan fingerprint density at radius 3 is 2.76 bits per heavy atom. The first-order chi connectivity index (χ1) is 14.2. The summed E-state index contributed by atoms with van der Waals surface area (Å²) in [7, 11) is 0. The first-order valence-corrected chi connectivity index (χ1v) is 10.9. The largest absolute Gasteiger partial charge is 0.376 e. The molecule has 0 radical (unpaired) electrons. The van der Waals surface area contributed by atoms with Crippen molar-refractivity contribution in [2.24, 2.45) is 5.92 Å². The highest BCUT2D eigenvalue weighted by molar-refractivity contribution is 5.79. The summed E-state index contributed by atoms with van der Waals surface area (Å²) in [6.07, 6.45) is 11.1. The summed E-state index contributed by atoms with van der Waals surface area (Å²) >= 11 is 0. The van der Waals surface area contributed by atoms with Crippen LogP contribution in [0.1, 0.15) is 50.5 Å². The van der Waals surface area contributed by atoms with E-state index in [2.05, 4.69) is 15.6 Å². The number of nitrogens with one attached hydrogen (secondary N) is 2. The molecule has 1 aromatic heterocycles. The number of pyridine rings is 1. The van der Waals surface area contributed by atoms with Gasteiger partial charge in [-0.2, -0.15) is 0 Å². The second kappa shape index (κ2) is 11.9. The second-order valence-electron chi connectivity index (χ2n) is 8.02. The van der Waals surface area contributed by atoms with E-state index in [4.69, 9.17) is 9.47 Å². The summed E-state index contributed by atoms with van der Waals surface area (Å²) in [5.41, 5.74) is 1.12. The van der Waals surface area contributed by atoms with Gasteiger partial charge in [0, 0.05) is 37.5 Å². The molecule has 1 atom stereocenters. The number of amides is 2. The van der Waals surface area contributed by atoms with Crippen molar-refractivity contribution in [3.05, 3.63) is 30.1 Å². The molecule has 1 aliphatic heterocycles. The van der Waals surface area contributed by atoms with E-state index in [1.165, 1.54) is 6.42 Å². The van der Waals surface area contributed by atoms with E-state index < -0.39 is 0 Å². The lowest BCUT2D eigenvalue weighted by atomic mass is 9.85. The fraction of sp³-hybridized carbons (Fsp3) is 0.682. The van der Waals surface area contributed by atoms with Crippen LogP contribution in [0.15, 0.2) is 24.5 Å². The average molecular weight is 404 g/mol. The lowest BCUT2D eigenvalue weighted by molar-refractivity contribution is -0.129. The average Bonchev–Trinajstić information content (AvgIpc) is 2.76. The Kier molecular flexibility index (Phi) is 8.89. The van der Waals surface area contributed by atoms with Crippen LogP contribution in [0.4, 0.5) is 0 Å². The van der Waals surface area contributed by atoms with E-state index in [0.717, 1.165) is 57.1 Å². The molecule has 2 N–H and O–H groups in total. The number of hydrogen-bond acceptors (Lipinski definition) is 5. The van der Waals surface area contributed by atoms with Gasteiger partial charge in [0.1, 0.15) is 6.61 Å². The molecule has 7 heteroatoms. The van der Waals surface area contributed by atoms with Crippen molar-refractivity contribution in [3.63, 3.8) is 0 Å². The van der Waals surface area contributed by atoms with Gasteiger partial charge in [0.15, 0.2) is 0 Å². The van der Waals surface area contributed by atoms with Crippen molar-refractivity contribution < 1.29 is 19.1 Å². The molecule has 0 bridgehead atoms. The van der Waals surface area contributed by atoms with Crippen molar-refractivity contribution in [1.29, 1.82) is 0 Å². The number of carbonyl (C=O) groups is 2. The Morgan fingerprint density at radius 1 is 1.17 bits per heavy atom. The fourth-order valence-corrected chi connectivity index (χ4v) is 4.01.